The molecule has 0 rings (SSSR count). The summed E-state index contributed by atoms with van der Waals surface area (Å²) in [5.74, 6) is 26.8. The van der Waals surface area contributed by atoms with Crippen LogP contribution < -0.4 is 0 Å². The highest BCUT2D eigenvalue weighted by Crippen LogP contribution is 1.73. The number of rotatable bonds is 0. The zero-order valence-electron chi connectivity index (χ0n) is 11.9. The molecule has 0 radical (unpaired) electrons. The molecule has 0 aliphatic rings. The average Bonchev–Trinajstić information content (AvgIpc) is 2.54. The molecule has 0 unspecified atom stereocenters. The van der Waals surface area contributed by atoms with Crippen LogP contribution in [0.25, 0.3) is 0 Å². The molecule has 0 N–H and O–H groups in total. The molecule has 0 aromatic carbocycles. The van der Waals surface area contributed by atoms with Crippen LogP contribution in [0.1, 0.15) is 0 Å². The van der Waals surface area contributed by atoms with Gasteiger partial charge in [0, 0.05) is 0 Å². The fourth-order valence-corrected chi connectivity index (χ4v) is 0.814. The van der Waals surface area contributed by atoms with Crippen molar-refractivity contribution in [2.45, 2.75) is 0 Å². The van der Waals surface area contributed by atoms with Crippen molar-refractivity contribution in [1.29, 1.82) is 0 Å². The zero-order chi connectivity index (χ0) is 16.1. The highest BCUT2D eigenvalue weighted by Gasteiger charge is 1.61. The second-order valence-corrected chi connectivity index (χ2v) is 3.15. The molecule has 0 atom stereocenters. The van der Waals surface area contributed by atoms with Crippen molar-refractivity contribution < 1.29 is 0 Å². The van der Waals surface area contributed by atoms with Gasteiger partial charge in [-0.3, -0.25) is 0 Å². The lowest BCUT2D eigenvalue weighted by molar-refractivity contribution is 2.04. The van der Waals surface area contributed by atoms with E-state index in [9.17, 15) is 0 Å². The summed E-state index contributed by atoms with van der Waals surface area (Å²) in [6.07, 6.45) is 26.2. The lowest BCUT2D eigenvalue weighted by Crippen LogP contribution is -1.55. The first-order chi connectivity index (χ1) is 10.9. The predicted molar refractivity (Wildman–Crippen MR) is 94.5 cm³/mol. The summed E-state index contributed by atoms with van der Waals surface area (Å²) in [5.41, 5.74) is 0. The van der Waals surface area contributed by atoms with Crippen LogP contribution in [0.4, 0.5) is 0 Å². The van der Waals surface area contributed by atoms with Gasteiger partial charge < -0.3 is 0 Å². The molecule has 0 heterocycles. The van der Waals surface area contributed by atoms with E-state index in [4.69, 9.17) is 12.8 Å². The average molecular weight is 276 g/mol. The molecule has 0 spiro atoms. The maximum atomic E-state index is 5.02. The highest BCUT2D eigenvalue weighted by molar-refractivity contribution is 5.35. The van der Waals surface area contributed by atoms with Crippen LogP contribution in [0.3, 0.4) is 0 Å². The third-order valence-corrected chi connectivity index (χ3v) is 1.61. The molecule has 0 fully saturated rings. The van der Waals surface area contributed by atoms with E-state index in [1.165, 1.54) is 12.2 Å². The minimum absolute atomic E-state index is 1.53. The van der Waals surface area contributed by atoms with Gasteiger partial charge >= 0.3 is 0 Å². The fraction of sp³-hybridized carbons (Fsp3) is 0. The fourth-order valence-electron chi connectivity index (χ4n) is 0.814. The van der Waals surface area contributed by atoms with Crippen LogP contribution in [-0.4, -0.2) is 0 Å². The van der Waals surface area contributed by atoms with Crippen molar-refractivity contribution in [3.63, 3.8) is 0 Å². The van der Waals surface area contributed by atoms with Crippen molar-refractivity contribution in [3.05, 3.63) is 60.8 Å². The molecule has 0 aromatic rings. The summed E-state index contributed by atoms with van der Waals surface area (Å²) in [6, 6.07) is 0. The van der Waals surface area contributed by atoms with Crippen molar-refractivity contribution in [2.24, 2.45) is 0 Å². The molecule has 0 bridgehead atoms. The molecular formula is C22H12. The van der Waals surface area contributed by atoms with Crippen LogP contribution >= 0.6 is 0 Å². The van der Waals surface area contributed by atoms with Gasteiger partial charge in [-0.1, -0.05) is 59.2 Å². The van der Waals surface area contributed by atoms with E-state index in [1.807, 2.05) is 0 Å². The van der Waals surface area contributed by atoms with Gasteiger partial charge in [0.2, 0.25) is 0 Å². The third kappa shape index (κ3) is 16.1. The summed E-state index contributed by atoms with van der Waals surface area (Å²) >= 11 is 0. The Morgan fingerprint density at radius 2 is 0.500 bits per heavy atom. The number of terminal acetylenes is 2. The van der Waals surface area contributed by atoms with E-state index in [0.717, 1.165) is 0 Å². The van der Waals surface area contributed by atoms with Gasteiger partial charge in [-0.2, -0.15) is 0 Å². The smallest absolute Gasteiger partial charge is 0.00316 e. The Morgan fingerprint density at radius 3 is 0.682 bits per heavy atom. The van der Waals surface area contributed by atoms with E-state index < -0.39 is 0 Å². The van der Waals surface area contributed by atoms with E-state index in [-0.39, 0.29) is 0 Å². The van der Waals surface area contributed by atoms with Crippen LogP contribution in [0.2, 0.25) is 0 Å². The third-order valence-electron chi connectivity index (χ3n) is 1.61. The lowest BCUT2D eigenvalue weighted by Gasteiger charge is -1.66. The van der Waals surface area contributed by atoms with E-state index in [1.54, 1.807) is 48.6 Å². The molecule has 0 amide bonds. The normalized spacial score (nSPS) is 9.18. The molecule has 0 saturated heterocycles. The maximum Gasteiger partial charge on any atom is -0.00316 e. The van der Waals surface area contributed by atoms with Gasteiger partial charge in [-0.25, -0.2) is 0 Å². The summed E-state index contributed by atoms with van der Waals surface area (Å²) in [5, 5.41) is 0. The SMILES string of the molecule is C#C/C=C/C#C/C=C/C#C/C=C/C#C/C=C/C#C/C=C/C#C. The van der Waals surface area contributed by atoms with Gasteiger partial charge in [0.1, 0.15) is 0 Å². The van der Waals surface area contributed by atoms with Gasteiger partial charge in [0.15, 0.2) is 0 Å². The first kappa shape index (κ1) is 18.1. The Balaban J connectivity index is 4.12. The molecule has 0 nitrogen and oxygen atoms in total. The van der Waals surface area contributed by atoms with Gasteiger partial charge in [-0.15, -0.1) is 12.8 Å². The minimum atomic E-state index is 1.53. The molecular weight excluding hydrogens is 264 g/mol. The van der Waals surface area contributed by atoms with Crippen LogP contribution in [0.5, 0.6) is 0 Å². The van der Waals surface area contributed by atoms with Crippen LogP contribution in [0, 0.1) is 72.1 Å². The number of allylic oxidation sites excluding steroid dienone is 10. The van der Waals surface area contributed by atoms with Gasteiger partial charge in [0.25, 0.3) is 0 Å². The van der Waals surface area contributed by atoms with Crippen LogP contribution in [-0.2, 0) is 0 Å². The standard InChI is InChI=1S/C22H12/c1-3-5-7-9-11-13-15-17-19-21-22-20-18-16-14-12-10-8-6-4-2/h1-2,5-8,13-16,21-22H/b7-5+,8-6+,15-13+,16-14+,22-21+. The first-order valence-electron chi connectivity index (χ1n) is 6.13. The Bertz CT molecular complexity index is 736. The van der Waals surface area contributed by atoms with Crippen molar-refractivity contribution in [2.75, 3.05) is 0 Å². The molecule has 0 aromatic heterocycles. The summed E-state index contributed by atoms with van der Waals surface area (Å²) < 4.78 is 0. The van der Waals surface area contributed by atoms with E-state index in [0.29, 0.717) is 0 Å². The van der Waals surface area contributed by atoms with Crippen molar-refractivity contribution in [1.82, 2.24) is 0 Å². The quantitative estimate of drug-likeness (QED) is 0.597. The largest absolute Gasteiger partial charge is 0.115 e. The summed E-state index contributed by atoms with van der Waals surface area (Å²) in [4.78, 5) is 0. The Morgan fingerprint density at radius 1 is 0.318 bits per heavy atom. The predicted octanol–water partition coefficient (Wildman–Crippen LogP) is 3.05. The Hall–Kier alpha value is -3.94. The molecule has 0 heteroatoms. The first-order valence-corrected chi connectivity index (χ1v) is 6.13. The number of hydrogen-bond acceptors (Lipinski definition) is 0. The second-order valence-electron chi connectivity index (χ2n) is 3.15. The van der Waals surface area contributed by atoms with E-state index >= 15 is 0 Å². The second kappa shape index (κ2) is 17.1. The van der Waals surface area contributed by atoms with Crippen molar-refractivity contribution >= 4 is 0 Å². The van der Waals surface area contributed by atoms with Gasteiger partial charge in [-0.05, 0) is 60.8 Å². The lowest BCUT2D eigenvalue weighted by atomic mass is 10.4. The minimum Gasteiger partial charge on any atom is -0.115 e. The Kier molecular flexibility index (Phi) is 14.0. The van der Waals surface area contributed by atoms with Gasteiger partial charge in [0.05, 0.1) is 0 Å². The number of hydrogen-bond donors (Lipinski definition) is 0. The molecule has 100 valence electrons. The Labute approximate surface area is 133 Å². The van der Waals surface area contributed by atoms with E-state index in [2.05, 4.69) is 59.2 Å². The summed E-state index contributed by atoms with van der Waals surface area (Å²) in [7, 11) is 0. The molecule has 0 aliphatic heterocycles. The molecule has 0 saturated carbocycles. The monoisotopic (exact) mass is 276 g/mol. The summed E-state index contributed by atoms with van der Waals surface area (Å²) in [6.45, 7) is 0. The van der Waals surface area contributed by atoms with Crippen LogP contribution in [0.15, 0.2) is 60.8 Å². The van der Waals surface area contributed by atoms with Crippen molar-refractivity contribution in [3.8, 4) is 72.1 Å². The zero-order valence-corrected chi connectivity index (χ0v) is 11.9. The highest BCUT2D eigenvalue weighted by atomic mass is 13.7. The molecule has 0 aliphatic carbocycles. The maximum absolute atomic E-state index is 5.02. The molecule has 22 heavy (non-hydrogen) atoms. The topological polar surface area (TPSA) is 0 Å².